The van der Waals surface area contributed by atoms with Crippen LogP contribution in [0.1, 0.15) is 32.2 Å². The third kappa shape index (κ3) is 2.18. The molecule has 1 aliphatic heterocycles. The highest BCUT2D eigenvalue weighted by Gasteiger charge is 2.45. The first-order valence-corrected chi connectivity index (χ1v) is 6.83. The van der Waals surface area contributed by atoms with Gasteiger partial charge in [0.2, 0.25) is 0 Å². The van der Waals surface area contributed by atoms with Crippen molar-refractivity contribution in [2.75, 3.05) is 19.8 Å². The van der Waals surface area contributed by atoms with Crippen LogP contribution in [0.3, 0.4) is 0 Å². The Bertz CT molecular complexity index is 374. The van der Waals surface area contributed by atoms with Gasteiger partial charge in [0, 0.05) is 31.3 Å². The van der Waals surface area contributed by atoms with E-state index < -0.39 is 0 Å². The van der Waals surface area contributed by atoms with Gasteiger partial charge in [-0.1, -0.05) is 6.92 Å². The maximum absolute atomic E-state index is 5.85. The van der Waals surface area contributed by atoms with E-state index in [9.17, 15) is 0 Å². The minimum atomic E-state index is -0.359. The summed E-state index contributed by atoms with van der Waals surface area (Å²) in [7, 11) is 0. The zero-order valence-corrected chi connectivity index (χ0v) is 10.8. The summed E-state index contributed by atoms with van der Waals surface area (Å²) in [6.07, 6.45) is 6.79. The Morgan fingerprint density at radius 2 is 2.28 bits per heavy atom. The van der Waals surface area contributed by atoms with Crippen LogP contribution in [-0.2, 0) is 9.47 Å². The lowest BCUT2D eigenvalue weighted by Crippen LogP contribution is -2.48. The average Bonchev–Trinajstić information content (AvgIpc) is 3.04. The third-order valence-electron chi connectivity index (χ3n) is 3.97. The molecule has 1 aromatic rings. The quantitative estimate of drug-likeness (QED) is 0.880. The Hall–Kier alpha value is -0.910. The Morgan fingerprint density at radius 3 is 2.94 bits per heavy atom. The zero-order chi connectivity index (χ0) is 12.4. The molecule has 18 heavy (non-hydrogen) atoms. The van der Waals surface area contributed by atoms with Crippen LogP contribution in [-0.4, -0.2) is 41.4 Å². The SMILES string of the molecule is CCNC1CCC2(CC1n1cccn1)OCCO2. The van der Waals surface area contributed by atoms with Gasteiger partial charge >= 0.3 is 0 Å². The molecule has 1 aromatic heterocycles. The topological polar surface area (TPSA) is 48.3 Å². The molecule has 0 bridgehead atoms. The molecule has 2 aliphatic rings. The van der Waals surface area contributed by atoms with E-state index in [1.807, 2.05) is 23.1 Å². The van der Waals surface area contributed by atoms with E-state index in [2.05, 4.69) is 17.3 Å². The molecule has 5 heteroatoms. The highest BCUT2D eigenvalue weighted by atomic mass is 16.7. The van der Waals surface area contributed by atoms with E-state index in [1.54, 1.807) is 0 Å². The standard InChI is InChI=1S/C13H21N3O2/c1-2-14-11-4-5-13(17-8-9-18-13)10-12(11)16-7-3-6-15-16/h3,6-7,11-12,14H,2,4-5,8-10H2,1H3. The van der Waals surface area contributed by atoms with Crippen molar-refractivity contribution < 1.29 is 9.47 Å². The summed E-state index contributed by atoms with van der Waals surface area (Å²) >= 11 is 0. The van der Waals surface area contributed by atoms with Crippen molar-refractivity contribution in [3.05, 3.63) is 18.5 Å². The summed E-state index contributed by atoms with van der Waals surface area (Å²) < 4.78 is 13.7. The molecule has 1 spiro atoms. The lowest BCUT2D eigenvalue weighted by molar-refractivity contribution is -0.189. The second-order valence-electron chi connectivity index (χ2n) is 5.07. The van der Waals surface area contributed by atoms with Gasteiger partial charge in [0.1, 0.15) is 0 Å². The van der Waals surface area contributed by atoms with Crippen LogP contribution >= 0.6 is 0 Å². The normalized spacial score (nSPS) is 30.9. The third-order valence-corrected chi connectivity index (χ3v) is 3.97. The largest absolute Gasteiger partial charge is 0.347 e. The van der Waals surface area contributed by atoms with E-state index >= 15 is 0 Å². The first-order chi connectivity index (χ1) is 8.83. The second kappa shape index (κ2) is 4.99. The van der Waals surface area contributed by atoms with Crippen molar-refractivity contribution in [2.45, 2.75) is 44.1 Å². The van der Waals surface area contributed by atoms with Gasteiger partial charge in [-0.2, -0.15) is 5.10 Å². The van der Waals surface area contributed by atoms with Crippen LogP contribution in [0.2, 0.25) is 0 Å². The molecule has 1 saturated carbocycles. The first kappa shape index (κ1) is 12.1. The predicted octanol–water partition coefficient (Wildman–Crippen LogP) is 1.33. The fraction of sp³-hybridized carbons (Fsp3) is 0.769. The fourth-order valence-corrected chi connectivity index (χ4v) is 3.14. The number of hydrogen-bond acceptors (Lipinski definition) is 4. The number of hydrogen-bond donors (Lipinski definition) is 1. The van der Waals surface area contributed by atoms with Gasteiger partial charge in [-0.25, -0.2) is 0 Å². The van der Waals surface area contributed by atoms with E-state index in [4.69, 9.17) is 9.47 Å². The van der Waals surface area contributed by atoms with E-state index in [0.29, 0.717) is 12.1 Å². The van der Waals surface area contributed by atoms with Crippen LogP contribution in [0.25, 0.3) is 0 Å². The molecular formula is C13H21N3O2. The Balaban J connectivity index is 1.79. The Morgan fingerprint density at radius 1 is 1.44 bits per heavy atom. The molecule has 0 amide bonds. The summed E-state index contributed by atoms with van der Waals surface area (Å²) in [5.41, 5.74) is 0. The molecule has 2 heterocycles. The number of nitrogens with one attached hydrogen (secondary N) is 1. The van der Waals surface area contributed by atoms with Crippen LogP contribution < -0.4 is 5.32 Å². The van der Waals surface area contributed by atoms with Crippen LogP contribution in [0.4, 0.5) is 0 Å². The van der Waals surface area contributed by atoms with Gasteiger partial charge in [-0.05, 0) is 19.0 Å². The summed E-state index contributed by atoms with van der Waals surface area (Å²) in [6, 6.07) is 2.74. The number of likely N-dealkylation sites (N-methyl/N-ethyl adjacent to an activating group) is 1. The highest BCUT2D eigenvalue weighted by molar-refractivity contribution is 4.95. The summed E-state index contributed by atoms with van der Waals surface area (Å²) in [4.78, 5) is 0. The van der Waals surface area contributed by atoms with Gasteiger partial charge in [0.15, 0.2) is 5.79 Å². The molecule has 3 rings (SSSR count). The molecule has 1 aliphatic carbocycles. The predicted molar refractivity (Wildman–Crippen MR) is 67.2 cm³/mol. The molecular weight excluding hydrogens is 230 g/mol. The van der Waals surface area contributed by atoms with E-state index in [-0.39, 0.29) is 5.79 Å². The minimum absolute atomic E-state index is 0.312. The van der Waals surface area contributed by atoms with E-state index in [0.717, 1.165) is 39.0 Å². The lowest BCUT2D eigenvalue weighted by Gasteiger charge is -2.41. The van der Waals surface area contributed by atoms with E-state index in [1.165, 1.54) is 0 Å². The maximum Gasteiger partial charge on any atom is 0.170 e. The number of ether oxygens (including phenoxy) is 2. The molecule has 1 N–H and O–H groups in total. The maximum atomic E-state index is 5.85. The first-order valence-electron chi connectivity index (χ1n) is 6.83. The van der Waals surface area contributed by atoms with Crippen molar-refractivity contribution >= 4 is 0 Å². The summed E-state index contributed by atoms with van der Waals surface area (Å²) in [5, 5.41) is 7.95. The fourth-order valence-electron chi connectivity index (χ4n) is 3.14. The van der Waals surface area contributed by atoms with Crippen molar-refractivity contribution in [3.8, 4) is 0 Å². The van der Waals surface area contributed by atoms with Crippen molar-refractivity contribution in [3.63, 3.8) is 0 Å². The monoisotopic (exact) mass is 251 g/mol. The molecule has 2 fully saturated rings. The van der Waals surface area contributed by atoms with Crippen LogP contribution in [0, 0.1) is 0 Å². The van der Waals surface area contributed by atoms with Crippen molar-refractivity contribution in [1.29, 1.82) is 0 Å². The molecule has 0 aromatic carbocycles. The number of aromatic nitrogens is 2. The Labute approximate surface area is 107 Å². The lowest BCUT2D eigenvalue weighted by atomic mass is 9.85. The van der Waals surface area contributed by atoms with Crippen LogP contribution in [0.15, 0.2) is 18.5 Å². The smallest absolute Gasteiger partial charge is 0.170 e. The minimum Gasteiger partial charge on any atom is -0.347 e. The molecule has 1 saturated heterocycles. The number of rotatable bonds is 3. The van der Waals surface area contributed by atoms with Gasteiger partial charge in [0.05, 0.1) is 19.3 Å². The summed E-state index contributed by atoms with van der Waals surface area (Å²) in [6.45, 7) is 4.57. The second-order valence-corrected chi connectivity index (χ2v) is 5.07. The van der Waals surface area contributed by atoms with Gasteiger partial charge in [-0.3, -0.25) is 4.68 Å². The highest BCUT2D eigenvalue weighted by Crippen LogP contribution is 2.40. The number of nitrogens with zero attached hydrogens (tertiary/aromatic N) is 2. The summed E-state index contributed by atoms with van der Waals surface area (Å²) in [5.74, 6) is -0.359. The van der Waals surface area contributed by atoms with Gasteiger partial charge in [-0.15, -0.1) is 0 Å². The zero-order valence-electron chi connectivity index (χ0n) is 10.8. The van der Waals surface area contributed by atoms with Crippen LogP contribution in [0.5, 0.6) is 0 Å². The molecule has 2 atom stereocenters. The molecule has 0 radical (unpaired) electrons. The van der Waals surface area contributed by atoms with Gasteiger partial charge < -0.3 is 14.8 Å². The van der Waals surface area contributed by atoms with Crippen molar-refractivity contribution in [2.24, 2.45) is 0 Å². The molecule has 2 unspecified atom stereocenters. The van der Waals surface area contributed by atoms with Crippen molar-refractivity contribution in [1.82, 2.24) is 15.1 Å². The Kier molecular flexibility index (Phi) is 3.37. The van der Waals surface area contributed by atoms with Gasteiger partial charge in [0.25, 0.3) is 0 Å². The average molecular weight is 251 g/mol. The molecule has 100 valence electrons. The molecule has 5 nitrogen and oxygen atoms in total.